The van der Waals surface area contributed by atoms with Gasteiger partial charge in [-0.15, -0.1) is 0 Å². The third kappa shape index (κ3) is 5.65. The lowest BCUT2D eigenvalue weighted by Gasteiger charge is -2.44. The number of aliphatic hydroxyl groups is 1. The van der Waals surface area contributed by atoms with Crippen molar-refractivity contribution in [3.8, 4) is 0 Å². The first kappa shape index (κ1) is 24.0. The van der Waals surface area contributed by atoms with E-state index in [9.17, 15) is 23.9 Å². The second-order valence-electron chi connectivity index (χ2n) is 10.1. The number of carbonyl (C=O) groups is 3. The molecule has 1 aromatic rings. The van der Waals surface area contributed by atoms with Gasteiger partial charge in [-0.25, -0.2) is 4.39 Å². The molecule has 0 aliphatic heterocycles. The molecule has 0 heterocycles. The molecule has 0 radical (unpaired) electrons. The summed E-state index contributed by atoms with van der Waals surface area (Å²) in [5, 5.41) is 11.0. The van der Waals surface area contributed by atoms with Gasteiger partial charge in [0.25, 0.3) is 0 Å². The Morgan fingerprint density at radius 1 is 1.00 bits per heavy atom. The highest BCUT2D eigenvalue weighted by atomic mass is 19.1. The molecule has 166 valence electrons. The summed E-state index contributed by atoms with van der Waals surface area (Å²) in [6.07, 6.45) is -0.404. The second kappa shape index (κ2) is 8.10. The normalized spacial score (nSPS) is 27.5. The number of rotatable bonds is 3. The molecule has 0 unspecified atom stereocenters. The third-order valence-corrected chi connectivity index (χ3v) is 4.84. The first-order valence-corrected chi connectivity index (χ1v) is 9.98. The molecule has 1 aromatic carbocycles. The number of hydrogen-bond acceptors (Lipinski definition) is 6. The van der Waals surface area contributed by atoms with Crippen LogP contribution in [0.25, 0.3) is 0 Å². The lowest BCUT2D eigenvalue weighted by molar-refractivity contribution is -0.182. The van der Waals surface area contributed by atoms with Crippen LogP contribution in [-0.2, 0) is 23.9 Å². The molecular weight excluding hydrogens is 391 g/mol. The number of ketones is 1. The highest BCUT2D eigenvalue weighted by Crippen LogP contribution is 2.47. The van der Waals surface area contributed by atoms with Gasteiger partial charge in [0.2, 0.25) is 0 Å². The summed E-state index contributed by atoms with van der Waals surface area (Å²) in [6, 6.07) is 5.18. The van der Waals surface area contributed by atoms with E-state index in [0.717, 1.165) is 0 Å². The first-order valence-electron chi connectivity index (χ1n) is 9.98. The molecule has 0 bridgehead atoms. The van der Waals surface area contributed by atoms with Crippen LogP contribution in [0.5, 0.6) is 0 Å². The highest BCUT2D eigenvalue weighted by Gasteiger charge is 2.57. The summed E-state index contributed by atoms with van der Waals surface area (Å²) >= 11 is 0. The molecule has 1 aliphatic carbocycles. The number of carbonyl (C=O) groups excluding carboxylic acids is 3. The fraction of sp³-hybridized carbons (Fsp3) is 0.609. The van der Waals surface area contributed by atoms with Gasteiger partial charge in [0.1, 0.15) is 22.9 Å². The number of Topliss-reactive ketones (excluding diaryl/α,β-unsaturated/α-hetero) is 1. The van der Waals surface area contributed by atoms with Crippen molar-refractivity contribution >= 4 is 17.7 Å². The monoisotopic (exact) mass is 422 g/mol. The van der Waals surface area contributed by atoms with E-state index in [1.165, 1.54) is 31.2 Å². The summed E-state index contributed by atoms with van der Waals surface area (Å²) < 4.78 is 24.5. The summed E-state index contributed by atoms with van der Waals surface area (Å²) in [6.45, 7) is 11.5. The van der Waals surface area contributed by atoms with Crippen LogP contribution in [-0.4, -0.2) is 39.6 Å². The van der Waals surface area contributed by atoms with Gasteiger partial charge in [0, 0.05) is 12.3 Å². The molecule has 1 N–H and O–H groups in total. The van der Waals surface area contributed by atoms with E-state index < -0.39 is 64.5 Å². The summed E-state index contributed by atoms with van der Waals surface area (Å²) in [4.78, 5) is 39.1. The molecule has 0 amide bonds. The molecule has 4 atom stereocenters. The lowest BCUT2D eigenvalue weighted by atomic mass is 9.61. The van der Waals surface area contributed by atoms with E-state index in [4.69, 9.17) is 9.47 Å². The number of halogens is 1. The fourth-order valence-corrected chi connectivity index (χ4v) is 3.83. The largest absolute Gasteiger partial charge is 0.460 e. The zero-order chi connectivity index (χ0) is 23.1. The van der Waals surface area contributed by atoms with Crippen molar-refractivity contribution in [2.24, 2.45) is 11.8 Å². The van der Waals surface area contributed by atoms with Gasteiger partial charge in [-0.1, -0.05) is 12.1 Å². The fourth-order valence-electron chi connectivity index (χ4n) is 3.83. The maximum absolute atomic E-state index is 13.5. The number of ether oxygens (including phenoxy) is 2. The van der Waals surface area contributed by atoms with Crippen LogP contribution in [0.2, 0.25) is 0 Å². The molecule has 30 heavy (non-hydrogen) atoms. The molecule has 1 fully saturated rings. The average molecular weight is 422 g/mol. The molecule has 0 aromatic heterocycles. The summed E-state index contributed by atoms with van der Waals surface area (Å²) in [5.41, 5.74) is -3.08. The summed E-state index contributed by atoms with van der Waals surface area (Å²) in [7, 11) is 0. The lowest BCUT2D eigenvalue weighted by Crippen LogP contribution is -2.56. The van der Waals surface area contributed by atoms with E-state index in [1.807, 2.05) is 0 Å². The van der Waals surface area contributed by atoms with Crippen LogP contribution in [0, 0.1) is 17.7 Å². The van der Waals surface area contributed by atoms with Gasteiger partial charge in [-0.3, -0.25) is 14.4 Å². The van der Waals surface area contributed by atoms with Crippen LogP contribution in [0.4, 0.5) is 4.39 Å². The quantitative estimate of drug-likeness (QED) is 0.592. The van der Waals surface area contributed by atoms with E-state index >= 15 is 0 Å². The minimum Gasteiger partial charge on any atom is -0.460 e. The molecular formula is C23H31FO6. The third-order valence-electron chi connectivity index (χ3n) is 4.84. The van der Waals surface area contributed by atoms with E-state index in [-0.39, 0.29) is 0 Å². The Bertz CT molecular complexity index is 814. The van der Waals surface area contributed by atoms with E-state index in [1.54, 1.807) is 41.5 Å². The van der Waals surface area contributed by atoms with Gasteiger partial charge in [0.15, 0.2) is 5.78 Å². The molecule has 2 rings (SSSR count). The van der Waals surface area contributed by atoms with E-state index in [0.29, 0.717) is 5.56 Å². The Balaban J connectivity index is 2.62. The van der Waals surface area contributed by atoms with Crippen LogP contribution < -0.4 is 0 Å². The standard InChI is InChI=1S/C23H31FO6/c1-21(2,3)29-19(26)17-15(25)12-23(7,28)18(20(27)30-22(4,5)6)16(17)13-8-10-14(24)11-9-13/h8-11,16-18,28H,12H2,1-7H3/t16-,17-,18+,23-/m0/s1. The van der Waals surface area contributed by atoms with Crippen LogP contribution in [0.3, 0.4) is 0 Å². The molecule has 1 saturated carbocycles. The van der Waals surface area contributed by atoms with Gasteiger partial charge in [0.05, 0.1) is 11.5 Å². The molecule has 0 saturated heterocycles. The Hall–Kier alpha value is -2.28. The van der Waals surface area contributed by atoms with Crippen LogP contribution >= 0.6 is 0 Å². The van der Waals surface area contributed by atoms with Crippen molar-refractivity contribution in [1.82, 2.24) is 0 Å². The predicted molar refractivity (Wildman–Crippen MR) is 108 cm³/mol. The Labute approximate surface area is 176 Å². The number of hydrogen-bond donors (Lipinski definition) is 1. The number of benzene rings is 1. The zero-order valence-corrected chi connectivity index (χ0v) is 18.6. The second-order valence-corrected chi connectivity index (χ2v) is 10.1. The number of esters is 2. The molecule has 0 spiro atoms. The topological polar surface area (TPSA) is 89.9 Å². The zero-order valence-electron chi connectivity index (χ0n) is 18.6. The van der Waals surface area contributed by atoms with Gasteiger partial charge < -0.3 is 14.6 Å². The highest BCUT2D eigenvalue weighted by molar-refractivity contribution is 6.03. The maximum atomic E-state index is 13.5. The van der Waals surface area contributed by atoms with E-state index in [2.05, 4.69) is 0 Å². The Morgan fingerprint density at radius 3 is 1.93 bits per heavy atom. The van der Waals surface area contributed by atoms with Crippen molar-refractivity contribution in [2.45, 2.75) is 77.6 Å². The van der Waals surface area contributed by atoms with Crippen molar-refractivity contribution in [1.29, 1.82) is 0 Å². The minimum absolute atomic E-state index is 0.372. The van der Waals surface area contributed by atoms with Crippen molar-refractivity contribution < 1.29 is 33.4 Å². The van der Waals surface area contributed by atoms with Gasteiger partial charge >= 0.3 is 11.9 Å². The predicted octanol–water partition coefficient (Wildman–Crippen LogP) is 3.55. The van der Waals surface area contributed by atoms with Crippen molar-refractivity contribution in [3.63, 3.8) is 0 Å². The SMILES string of the molecule is CC(C)(C)OC(=O)[C@H]1C(=O)C[C@](C)(O)[C@@H](C(=O)OC(C)(C)C)[C@H]1c1ccc(F)cc1. The van der Waals surface area contributed by atoms with Crippen LogP contribution in [0.1, 0.15) is 66.4 Å². The first-order chi connectivity index (χ1) is 13.5. The minimum atomic E-state index is -1.75. The van der Waals surface area contributed by atoms with Gasteiger partial charge in [-0.2, -0.15) is 0 Å². The summed E-state index contributed by atoms with van der Waals surface area (Å²) in [5.74, 6) is -6.18. The van der Waals surface area contributed by atoms with Gasteiger partial charge in [-0.05, 0) is 66.2 Å². The maximum Gasteiger partial charge on any atom is 0.317 e. The van der Waals surface area contributed by atoms with Crippen molar-refractivity contribution in [3.05, 3.63) is 35.6 Å². The van der Waals surface area contributed by atoms with Crippen LogP contribution in [0.15, 0.2) is 24.3 Å². The molecule has 6 nitrogen and oxygen atoms in total. The smallest absolute Gasteiger partial charge is 0.317 e. The van der Waals surface area contributed by atoms with Crippen molar-refractivity contribution in [2.75, 3.05) is 0 Å². The Kier molecular flexibility index (Phi) is 6.48. The average Bonchev–Trinajstić information content (AvgIpc) is 2.50. The Morgan fingerprint density at radius 2 is 1.47 bits per heavy atom. The molecule has 7 heteroatoms. The molecule has 1 aliphatic rings.